The maximum Gasteiger partial charge on any atom is 0.490 e. The van der Waals surface area contributed by atoms with E-state index in [0.29, 0.717) is 4.57 Å². The number of nitrogens with two attached hydrogens (primary N) is 1. The highest BCUT2D eigenvalue weighted by Crippen LogP contribution is 2.66. The van der Waals surface area contributed by atoms with Crippen molar-refractivity contribution < 1.29 is 70.1 Å². The predicted molar refractivity (Wildman–Crippen MR) is 98.2 cm³/mol. The van der Waals surface area contributed by atoms with Crippen molar-refractivity contribution in [1.82, 2.24) is 9.55 Å². The van der Waals surface area contributed by atoms with Crippen LogP contribution in [0, 0.1) is 0 Å². The van der Waals surface area contributed by atoms with Crippen molar-refractivity contribution in [3.05, 3.63) is 22.7 Å². The van der Waals surface area contributed by atoms with Crippen LogP contribution in [0.4, 0.5) is 14.6 Å². The van der Waals surface area contributed by atoms with Crippen LogP contribution in [0.15, 0.2) is 17.1 Å². The molecule has 1 aliphatic heterocycles. The molecule has 1 aliphatic rings. The Kier molecular flexibility index (Phi) is 8.36. The van der Waals surface area contributed by atoms with Gasteiger partial charge in [-0.05, 0) is 6.07 Å². The maximum atomic E-state index is 13.2. The second kappa shape index (κ2) is 9.83. The molecule has 33 heavy (non-hydrogen) atoms. The average Bonchev–Trinajstić information content (AvgIpc) is 2.82. The lowest BCUT2D eigenvalue weighted by Crippen LogP contribution is -2.48. The minimum atomic E-state index is -5.91. The second-order valence-corrected chi connectivity index (χ2v) is 10.9. The van der Waals surface area contributed by atoms with Gasteiger partial charge in [0.05, 0.1) is 6.61 Å². The lowest BCUT2D eigenvalue weighted by molar-refractivity contribution is -0.148. The lowest BCUT2D eigenvalue weighted by atomic mass is 9.92. The molecular formula is C11H18F2N3O14P3. The van der Waals surface area contributed by atoms with E-state index in [1.807, 2.05) is 0 Å². The Labute approximate surface area is 181 Å². The number of hydrogen-bond donors (Lipinski definition) is 7. The second-order valence-electron chi connectivity index (χ2n) is 6.51. The SMILES string of the molecule is Nc1ccn([C@@H]2O[C@@](COP(=O)(O)OP(=O)(O)OP(=O)(O)O)(CC(F)F)[C@@H](O)[C@H]2O)c(=O)n1. The summed E-state index contributed by atoms with van der Waals surface area (Å²) in [6, 6.07) is 1.07. The zero-order chi connectivity index (χ0) is 25.4. The van der Waals surface area contributed by atoms with Gasteiger partial charge in [-0.1, -0.05) is 0 Å². The number of nitrogens with zero attached hydrogens (tertiary/aromatic N) is 2. The summed E-state index contributed by atoms with van der Waals surface area (Å²) in [6.07, 6.45) is -10.0. The molecule has 0 radical (unpaired) electrons. The van der Waals surface area contributed by atoms with Gasteiger partial charge in [-0.15, -0.1) is 0 Å². The van der Waals surface area contributed by atoms with Crippen molar-refractivity contribution in [2.45, 2.75) is 36.9 Å². The predicted octanol–water partition coefficient (Wildman–Crippen LogP) is -1.19. The Morgan fingerprint density at radius 2 is 1.79 bits per heavy atom. The van der Waals surface area contributed by atoms with Crippen LogP contribution >= 0.6 is 23.5 Å². The van der Waals surface area contributed by atoms with E-state index in [2.05, 4.69) is 18.1 Å². The number of phosphoric acid groups is 3. The number of aromatic nitrogens is 2. The standard InChI is InChI=1S/C11H18F2N3O14P3/c12-5(13)3-11(4-27-32(23,24)30-33(25,26)29-31(20,21)22)8(18)7(17)9(28-11)16-2-1-6(14)15-10(16)19/h1-2,5,7-9,17-18H,3-4H2,(H,23,24)(H,25,26)(H2,14,15,19)(H2,20,21,22)/t7-,8+,9-,11-/m1/s1. The Hall–Kier alpha value is -1.17. The van der Waals surface area contributed by atoms with Gasteiger partial charge in [-0.3, -0.25) is 9.09 Å². The van der Waals surface area contributed by atoms with Gasteiger partial charge in [0.1, 0.15) is 23.6 Å². The molecule has 6 atom stereocenters. The Morgan fingerprint density at radius 3 is 2.30 bits per heavy atom. The molecule has 0 spiro atoms. The van der Waals surface area contributed by atoms with E-state index in [-0.39, 0.29) is 5.82 Å². The molecule has 2 heterocycles. The highest BCUT2D eigenvalue weighted by atomic mass is 31.3. The van der Waals surface area contributed by atoms with Crippen LogP contribution in [0.1, 0.15) is 12.6 Å². The highest BCUT2D eigenvalue weighted by Gasteiger charge is 2.57. The van der Waals surface area contributed by atoms with Gasteiger partial charge in [-0.25, -0.2) is 27.3 Å². The molecule has 2 rings (SSSR count). The van der Waals surface area contributed by atoms with Gasteiger partial charge < -0.3 is 40.3 Å². The Bertz CT molecular complexity index is 1070. The molecule has 1 aromatic rings. The van der Waals surface area contributed by atoms with E-state index in [4.69, 9.17) is 25.2 Å². The first kappa shape index (κ1) is 28.1. The zero-order valence-corrected chi connectivity index (χ0v) is 18.6. The number of rotatable bonds is 10. The van der Waals surface area contributed by atoms with Crippen molar-refractivity contribution in [2.75, 3.05) is 12.3 Å². The quantitative estimate of drug-likeness (QED) is 0.170. The number of phosphoric ester groups is 1. The molecule has 0 amide bonds. The minimum Gasteiger partial charge on any atom is -0.387 e. The van der Waals surface area contributed by atoms with Crippen LogP contribution in [-0.2, 0) is 31.6 Å². The van der Waals surface area contributed by atoms with Crippen LogP contribution in [0.3, 0.4) is 0 Å². The third-order valence-electron chi connectivity index (χ3n) is 4.02. The molecule has 0 saturated carbocycles. The van der Waals surface area contributed by atoms with Crippen molar-refractivity contribution in [2.24, 2.45) is 0 Å². The first-order chi connectivity index (χ1) is 14.9. The Balaban J connectivity index is 2.29. The van der Waals surface area contributed by atoms with Crippen LogP contribution in [-0.4, -0.2) is 70.2 Å². The third-order valence-corrected chi connectivity index (χ3v) is 7.81. The summed E-state index contributed by atoms with van der Waals surface area (Å²) in [5.74, 6) is -0.240. The molecule has 2 unspecified atom stereocenters. The molecule has 22 heteroatoms. The minimum absolute atomic E-state index is 0.240. The molecule has 1 saturated heterocycles. The molecule has 17 nitrogen and oxygen atoms in total. The van der Waals surface area contributed by atoms with Crippen LogP contribution in [0.2, 0.25) is 0 Å². The van der Waals surface area contributed by atoms with Crippen molar-refractivity contribution >= 4 is 29.3 Å². The van der Waals surface area contributed by atoms with E-state index in [9.17, 15) is 42.4 Å². The third kappa shape index (κ3) is 7.40. The van der Waals surface area contributed by atoms with E-state index in [1.165, 1.54) is 0 Å². The van der Waals surface area contributed by atoms with Crippen LogP contribution in [0.25, 0.3) is 0 Å². The van der Waals surface area contributed by atoms with Gasteiger partial charge in [0.2, 0.25) is 6.43 Å². The van der Waals surface area contributed by atoms with Gasteiger partial charge in [0, 0.05) is 12.6 Å². The average molecular weight is 547 g/mol. The molecule has 190 valence electrons. The normalized spacial score (nSPS) is 29.7. The smallest absolute Gasteiger partial charge is 0.387 e. The largest absolute Gasteiger partial charge is 0.490 e. The number of halogens is 2. The van der Waals surface area contributed by atoms with E-state index in [0.717, 1.165) is 12.3 Å². The topological polar surface area (TPSA) is 270 Å². The Morgan fingerprint density at radius 1 is 1.18 bits per heavy atom. The summed E-state index contributed by atoms with van der Waals surface area (Å²) < 4.78 is 77.3. The van der Waals surface area contributed by atoms with E-state index in [1.54, 1.807) is 0 Å². The summed E-state index contributed by atoms with van der Waals surface area (Å²) >= 11 is 0. The summed E-state index contributed by atoms with van der Waals surface area (Å²) in [5.41, 5.74) is 1.51. The van der Waals surface area contributed by atoms with Crippen molar-refractivity contribution in [3.63, 3.8) is 0 Å². The van der Waals surface area contributed by atoms with Crippen LogP contribution < -0.4 is 11.4 Å². The number of aliphatic hydroxyl groups is 2. The monoisotopic (exact) mass is 547 g/mol. The van der Waals surface area contributed by atoms with Gasteiger partial charge in [0.25, 0.3) is 0 Å². The fourth-order valence-corrected chi connectivity index (χ4v) is 5.87. The number of alkyl halides is 2. The molecule has 0 bridgehead atoms. The molecule has 8 N–H and O–H groups in total. The zero-order valence-electron chi connectivity index (χ0n) is 15.9. The molecule has 0 aliphatic carbocycles. The maximum absolute atomic E-state index is 13.2. The van der Waals surface area contributed by atoms with Gasteiger partial charge in [-0.2, -0.15) is 13.6 Å². The van der Waals surface area contributed by atoms with Crippen LogP contribution in [0.5, 0.6) is 0 Å². The number of hydrogen-bond acceptors (Lipinski definition) is 12. The van der Waals surface area contributed by atoms with E-state index >= 15 is 0 Å². The van der Waals surface area contributed by atoms with Crippen molar-refractivity contribution in [3.8, 4) is 0 Å². The number of anilines is 1. The molecular weight excluding hydrogens is 529 g/mol. The lowest BCUT2D eigenvalue weighted by Gasteiger charge is -2.32. The number of ether oxygens (including phenoxy) is 1. The summed E-state index contributed by atoms with van der Waals surface area (Å²) in [4.78, 5) is 51.0. The summed E-state index contributed by atoms with van der Waals surface area (Å²) in [7, 11) is -17.4. The number of aliphatic hydroxyl groups excluding tert-OH is 2. The molecule has 1 fully saturated rings. The first-order valence-electron chi connectivity index (χ1n) is 8.31. The van der Waals surface area contributed by atoms with Crippen molar-refractivity contribution in [1.29, 1.82) is 0 Å². The summed E-state index contributed by atoms with van der Waals surface area (Å²) in [6.45, 7) is -1.51. The van der Waals surface area contributed by atoms with Gasteiger partial charge >= 0.3 is 29.2 Å². The molecule has 0 aromatic carbocycles. The number of nitrogen functional groups attached to an aromatic ring is 1. The highest BCUT2D eigenvalue weighted by molar-refractivity contribution is 7.66. The van der Waals surface area contributed by atoms with E-state index < -0.39 is 72.6 Å². The fraction of sp³-hybridized carbons (Fsp3) is 0.636. The summed E-state index contributed by atoms with van der Waals surface area (Å²) in [5, 5.41) is 20.6. The first-order valence-corrected chi connectivity index (χ1v) is 12.8. The van der Waals surface area contributed by atoms with Gasteiger partial charge in [0.15, 0.2) is 6.23 Å². The fourth-order valence-electron chi connectivity index (χ4n) is 2.79. The molecule has 1 aromatic heterocycles.